The van der Waals surface area contributed by atoms with E-state index in [2.05, 4.69) is 5.16 Å². The zero-order chi connectivity index (χ0) is 15.7. The van der Waals surface area contributed by atoms with Gasteiger partial charge in [0.2, 0.25) is 0 Å². The Hall–Kier alpha value is -2.38. The minimum atomic E-state index is -3.23. The van der Waals surface area contributed by atoms with Crippen molar-refractivity contribution in [2.45, 2.75) is 24.3 Å². The number of amidine groups is 1. The normalized spacial score (nSPS) is 25.0. The van der Waals surface area contributed by atoms with Crippen molar-refractivity contribution < 1.29 is 23.9 Å². The summed E-state index contributed by atoms with van der Waals surface area (Å²) in [5.74, 6) is -3.77. The van der Waals surface area contributed by atoms with Gasteiger partial charge in [-0.2, -0.15) is 0 Å². The maximum absolute atomic E-state index is 13.8. The SMILES string of the molecule is NC(=NO)[C@]1(Cc2ccccc2)CC(F)(F)CN1C(=O)O. The molecule has 0 bridgehead atoms. The Kier molecular flexibility index (Phi) is 3.71. The van der Waals surface area contributed by atoms with Gasteiger partial charge in [0.1, 0.15) is 5.54 Å². The molecule has 0 unspecified atom stereocenters. The van der Waals surface area contributed by atoms with Gasteiger partial charge >= 0.3 is 6.09 Å². The first-order chi connectivity index (χ1) is 9.81. The highest BCUT2D eigenvalue weighted by Gasteiger charge is 2.59. The van der Waals surface area contributed by atoms with Crippen LogP contribution in [0.1, 0.15) is 12.0 Å². The van der Waals surface area contributed by atoms with Crippen LogP contribution in [0.3, 0.4) is 0 Å². The summed E-state index contributed by atoms with van der Waals surface area (Å²) in [4.78, 5) is 11.9. The molecule has 4 N–H and O–H groups in total. The number of nitrogens with two attached hydrogens (primary N) is 1. The van der Waals surface area contributed by atoms with Crippen molar-refractivity contribution in [3.8, 4) is 0 Å². The first-order valence-corrected chi connectivity index (χ1v) is 6.21. The number of carboxylic acid groups (broad SMARTS) is 1. The van der Waals surface area contributed by atoms with Gasteiger partial charge in [-0.3, -0.25) is 4.90 Å². The fourth-order valence-electron chi connectivity index (χ4n) is 2.72. The van der Waals surface area contributed by atoms with Gasteiger partial charge in [0.25, 0.3) is 5.92 Å². The second-order valence-electron chi connectivity index (χ2n) is 5.08. The molecule has 1 atom stereocenters. The molecule has 0 spiro atoms. The van der Waals surface area contributed by atoms with E-state index >= 15 is 0 Å². The molecule has 1 aliphatic rings. The third-order valence-corrected chi connectivity index (χ3v) is 3.61. The number of oxime groups is 1. The second-order valence-corrected chi connectivity index (χ2v) is 5.08. The summed E-state index contributed by atoms with van der Waals surface area (Å²) in [5.41, 5.74) is 4.43. The second kappa shape index (κ2) is 5.19. The van der Waals surface area contributed by atoms with Gasteiger partial charge in [-0.05, 0) is 5.56 Å². The predicted molar refractivity (Wildman–Crippen MR) is 70.6 cm³/mol. The number of nitrogens with zero attached hydrogens (tertiary/aromatic N) is 2. The van der Waals surface area contributed by atoms with Crippen molar-refractivity contribution in [3.63, 3.8) is 0 Å². The van der Waals surface area contributed by atoms with Crippen molar-refractivity contribution in [1.29, 1.82) is 0 Å². The monoisotopic (exact) mass is 299 g/mol. The molecular formula is C13H15F2N3O3. The molecule has 0 aromatic heterocycles. The molecule has 1 aromatic carbocycles. The molecule has 2 rings (SSSR count). The zero-order valence-corrected chi connectivity index (χ0v) is 11.0. The van der Waals surface area contributed by atoms with E-state index in [0.29, 0.717) is 10.5 Å². The lowest BCUT2D eigenvalue weighted by Crippen LogP contribution is -2.57. The summed E-state index contributed by atoms with van der Waals surface area (Å²) < 4.78 is 27.5. The minimum absolute atomic E-state index is 0.0916. The average molecular weight is 299 g/mol. The summed E-state index contributed by atoms with van der Waals surface area (Å²) in [6, 6.07) is 8.49. The summed E-state index contributed by atoms with van der Waals surface area (Å²) in [6.45, 7) is -0.981. The molecular weight excluding hydrogens is 284 g/mol. The van der Waals surface area contributed by atoms with Gasteiger partial charge in [0.05, 0.1) is 6.54 Å². The molecule has 1 fully saturated rings. The molecule has 1 aliphatic heterocycles. The van der Waals surface area contributed by atoms with Crippen LogP contribution in [0.15, 0.2) is 35.5 Å². The standard InChI is InChI=1S/C13H15F2N3O3/c14-13(15)7-12(10(16)17-21,18(8-13)11(19)20)6-9-4-2-1-3-5-9/h1-5,21H,6-8H2,(H2,16,17)(H,19,20)/t12-/m0/s1. The molecule has 1 saturated heterocycles. The largest absolute Gasteiger partial charge is 0.465 e. The molecule has 0 saturated carbocycles. The topological polar surface area (TPSA) is 99.2 Å². The Balaban J connectivity index is 2.48. The number of likely N-dealkylation sites (tertiary alicyclic amines) is 1. The Morgan fingerprint density at radius 1 is 1.38 bits per heavy atom. The molecule has 8 heteroatoms. The van der Waals surface area contributed by atoms with Crippen LogP contribution in [-0.2, 0) is 6.42 Å². The molecule has 21 heavy (non-hydrogen) atoms. The smallest absolute Gasteiger partial charge is 0.408 e. The summed E-state index contributed by atoms with van der Waals surface area (Å²) in [6.07, 6.45) is -2.45. The Bertz CT molecular complexity index is 565. The number of alkyl halides is 2. The van der Waals surface area contributed by atoms with Crippen molar-refractivity contribution in [1.82, 2.24) is 4.90 Å². The summed E-state index contributed by atoms with van der Waals surface area (Å²) in [7, 11) is 0. The van der Waals surface area contributed by atoms with Crippen molar-refractivity contribution >= 4 is 11.9 Å². The van der Waals surface area contributed by atoms with E-state index in [0.717, 1.165) is 0 Å². The zero-order valence-electron chi connectivity index (χ0n) is 11.0. The molecule has 1 heterocycles. The van der Waals surface area contributed by atoms with E-state index in [1.807, 2.05) is 0 Å². The third-order valence-electron chi connectivity index (χ3n) is 3.61. The molecule has 1 aromatic rings. The lowest BCUT2D eigenvalue weighted by molar-refractivity contribution is 0.0123. The average Bonchev–Trinajstić information content (AvgIpc) is 2.71. The molecule has 114 valence electrons. The van der Waals surface area contributed by atoms with Crippen LogP contribution in [0.4, 0.5) is 13.6 Å². The summed E-state index contributed by atoms with van der Waals surface area (Å²) >= 11 is 0. The van der Waals surface area contributed by atoms with Crippen molar-refractivity contribution in [3.05, 3.63) is 35.9 Å². The fourth-order valence-corrected chi connectivity index (χ4v) is 2.72. The highest BCUT2D eigenvalue weighted by atomic mass is 19.3. The maximum Gasteiger partial charge on any atom is 0.408 e. The highest BCUT2D eigenvalue weighted by molar-refractivity contribution is 5.93. The summed E-state index contributed by atoms with van der Waals surface area (Å²) in [5, 5.41) is 20.9. The lowest BCUT2D eigenvalue weighted by Gasteiger charge is -2.34. The Morgan fingerprint density at radius 3 is 2.52 bits per heavy atom. The van der Waals surface area contributed by atoms with Crippen molar-refractivity contribution in [2.24, 2.45) is 10.9 Å². The Labute approximate surface area is 119 Å². The number of carbonyl (C=O) groups is 1. The van der Waals surface area contributed by atoms with E-state index < -0.39 is 36.4 Å². The van der Waals surface area contributed by atoms with E-state index in [4.69, 9.17) is 10.9 Å². The van der Waals surface area contributed by atoms with E-state index in [-0.39, 0.29) is 6.42 Å². The Morgan fingerprint density at radius 2 is 2.00 bits per heavy atom. The first-order valence-electron chi connectivity index (χ1n) is 6.21. The van der Waals surface area contributed by atoms with Gasteiger partial charge in [0, 0.05) is 12.8 Å². The van der Waals surface area contributed by atoms with E-state index in [1.165, 1.54) is 0 Å². The molecule has 0 radical (unpaired) electrons. The van der Waals surface area contributed by atoms with Gasteiger partial charge in [-0.25, -0.2) is 13.6 Å². The number of hydrogen-bond donors (Lipinski definition) is 3. The molecule has 0 aliphatic carbocycles. The number of amides is 1. The van der Waals surface area contributed by atoms with Crippen LogP contribution in [0.25, 0.3) is 0 Å². The van der Waals surface area contributed by atoms with Gasteiger partial charge < -0.3 is 16.0 Å². The van der Waals surface area contributed by atoms with Crippen LogP contribution >= 0.6 is 0 Å². The highest BCUT2D eigenvalue weighted by Crippen LogP contribution is 2.41. The molecule has 1 amide bonds. The first kappa shape index (κ1) is 15.0. The van der Waals surface area contributed by atoms with Crippen LogP contribution < -0.4 is 5.73 Å². The predicted octanol–water partition coefficient (Wildman–Crippen LogP) is 1.73. The number of benzene rings is 1. The van der Waals surface area contributed by atoms with E-state index in [9.17, 15) is 18.7 Å². The van der Waals surface area contributed by atoms with Crippen LogP contribution in [0, 0.1) is 0 Å². The van der Waals surface area contributed by atoms with Crippen LogP contribution in [0.2, 0.25) is 0 Å². The molecule has 6 nitrogen and oxygen atoms in total. The maximum atomic E-state index is 13.8. The minimum Gasteiger partial charge on any atom is -0.465 e. The van der Waals surface area contributed by atoms with Crippen LogP contribution in [-0.4, -0.2) is 45.1 Å². The lowest BCUT2D eigenvalue weighted by atomic mass is 9.86. The number of hydrogen-bond acceptors (Lipinski definition) is 3. The number of halogens is 2. The van der Waals surface area contributed by atoms with Crippen LogP contribution in [0.5, 0.6) is 0 Å². The van der Waals surface area contributed by atoms with Gasteiger partial charge in [-0.15, -0.1) is 0 Å². The third kappa shape index (κ3) is 2.74. The quantitative estimate of drug-likeness (QED) is 0.342. The van der Waals surface area contributed by atoms with Gasteiger partial charge in [0.15, 0.2) is 5.84 Å². The van der Waals surface area contributed by atoms with E-state index in [1.54, 1.807) is 30.3 Å². The fraction of sp³-hybridized carbons (Fsp3) is 0.385. The van der Waals surface area contributed by atoms with Crippen molar-refractivity contribution in [2.75, 3.05) is 6.54 Å². The van der Waals surface area contributed by atoms with Gasteiger partial charge in [-0.1, -0.05) is 35.5 Å². The number of rotatable bonds is 3.